The number of ether oxygens (including phenoxy) is 2. The Hall–Kier alpha value is -2.57. The molecule has 0 radical (unpaired) electrons. The first kappa shape index (κ1) is 17.8. The molecule has 0 saturated heterocycles. The molecular formula is C17H23N3O4. The smallest absolute Gasteiger partial charge is 0.412 e. The zero-order chi connectivity index (χ0) is 18.1. The third-order valence-corrected chi connectivity index (χ3v) is 2.79. The van der Waals surface area contributed by atoms with E-state index in [2.05, 4.69) is 10.4 Å². The number of fused-ring (bicyclic) bond motifs is 1. The van der Waals surface area contributed by atoms with Gasteiger partial charge in [0.05, 0.1) is 11.7 Å². The van der Waals surface area contributed by atoms with E-state index in [-0.39, 0.29) is 0 Å². The highest BCUT2D eigenvalue weighted by molar-refractivity contribution is 5.98. The molecule has 2 rings (SSSR count). The highest BCUT2D eigenvalue weighted by Crippen LogP contribution is 2.20. The number of amides is 1. The quantitative estimate of drug-likeness (QED) is 0.849. The van der Waals surface area contributed by atoms with Crippen LogP contribution < -0.4 is 5.32 Å². The lowest BCUT2D eigenvalue weighted by molar-refractivity contribution is 0.00716. The molecule has 24 heavy (non-hydrogen) atoms. The van der Waals surface area contributed by atoms with E-state index in [1.807, 2.05) is 0 Å². The molecule has 0 aliphatic rings. The number of esters is 1. The maximum atomic E-state index is 12.3. The van der Waals surface area contributed by atoms with E-state index in [0.29, 0.717) is 16.8 Å². The van der Waals surface area contributed by atoms with Gasteiger partial charge in [0.25, 0.3) is 0 Å². The average molecular weight is 333 g/mol. The third-order valence-electron chi connectivity index (χ3n) is 2.79. The van der Waals surface area contributed by atoms with Crippen molar-refractivity contribution in [2.75, 3.05) is 5.32 Å². The molecule has 0 bridgehead atoms. The molecule has 2 aromatic rings. The first-order valence-electron chi connectivity index (χ1n) is 7.65. The number of nitrogens with one attached hydrogen (secondary N) is 1. The van der Waals surface area contributed by atoms with Crippen molar-refractivity contribution in [3.05, 3.63) is 30.1 Å². The molecule has 1 amide bonds. The lowest BCUT2D eigenvalue weighted by Gasteiger charge is -2.20. The van der Waals surface area contributed by atoms with Crippen LogP contribution in [-0.2, 0) is 9.47 Å². The van der Waals surface area contributed by atoms with Crippen LogP contribution in [0.1, 0.15) is 51.9 Å². The molecular weight excluding hydrogens is 310 g/mol. The maximum Gasteiger partial charge on any atom is 0.412 e. The van der Waals surface area contributed by atoms with Crippen LogP contribution >= 0.6 is 0 Å². The highest BCUT2D eigenvalue weighted by atomic mass is 16.6. The zero-order valence-electron chi connectivity index (χ0n) is 14.8. The minimum atomic E-state index is -0.599. The Kier molecular flexibility index (Phi) is 4.55. The molecule has 0 saturated carbocycles. The van der Waals surface area contributed by atoms with E-state index in [9.17, 15) is 9.59 Å². The molecule has 0 fully saturated rings. The molecule has 0 unspecified atom stereocenters. The van der Waals surface area contributed by atoms with Crippen molar-refractivity contribution >= 4 is 23.3 Å². The topological polar surface area (TPSA) is 81.9 Å². The van der Waals surface area contributed by atoms with Gasteiger partial charge in [-0.05, 0) is 53.7 Å². The molecule has 7 heteroatoms. The summed E-state index contributed by atoms with van der Waals surface area (Å²) in [5.41, 5.74) is 0.183. The van der Waals surface area contributed by atoms with Crippen LogP contribution in [0.4, 0.5) is 10.5 Å². The van der Waals surface area contributed by atoms with Gasteiger partial charge in [-0.15, -0.1) is 0 Å². The molecule has 0 aromatic carbocycles. The number of aromatic nitrogens is 2. The summed E-state index contributed by atoms with van der Waals surface area (Å²) in [6, 6.07) is 3.32. The zero-order valence-corrected chi connectivity index (χ0v) is 14.8. The Morgan fingerprint density at radius 2 is 1.71 bits per heavy atom. The third kappa shape index (κ3) is 4.71. The molecule has 0 spiro atoms. The molecule has 2 aromatic heterocycles. The first-order valence-corrected chi connectivity index (χ1v) is 7.65. The first-order chi connectivity index (χ1) is 10.9. The van der Waals surface area contributed by atoms with Crippen molar-refractivity contribution in [3.63, 3.8) is 0 Å². The fourth-order valence-corrected chi connectivity index (χ4v) is 1.97. The fraction of sp³-hybridized carbons (Fsp3) is 0.471. The number of hydrogen-bond acceptors (Lipinski definition) is 5. The number of pyridine rings is 1. The van der Waals surface area contributed by atoms with Crippen molar-refractivity contribution in [2.24, 2.45) is 0 Å². The van der Waals surface area contributed by atoms with Gasteiger partial charge in [-0.3, -0.25) is 5.32 Å². The predicted molar refractivity (Wildman–Crippen MR) is 90.2 cm³/mol. The van der Waals surface area contributed by atoms with E-state index >= 15 is 0 Å². The minimum absolute atomic E-state index is 0.331. The second kappa shape index (κ2) is 6.14. The van der Waals surface area contributed by atoms with Gasteiger partial charge in [-0.25, -0.2) is 14.1 Å². The van der Waals surface area contributed by atoms with Crippen LogP contribution in [0.2, 0.25) is 0 Å². The molecule has 0 atom stereocenters. The van der Waals surface area contributed by atoms with Crippen LogP contribution in [0.3, 0.4) is 0 Å². The van der Waals surface area contributed by atoms with Crippen molar-refractivity contribution in [3.8, 4) is 0 Å². The summed E-state index contributed by atoms with van der Waals surface area (Å²) in [5.74, 6) is -0.466. The second-order valence-electron chi connectivity index (χ2n) is 7.43. The Labute approximate surface area is 140 Å². The summed E-state index contributed by atoms with van der Waals surface area (Å²) in [5, 5.41) is 6.76. The van der Waals surface area contributed by atoms with Gasteiger partial charge in [0.1, 0.15) is 16.8 Å². The molecule has 2 heterocycles. The molecule has 130 valence electrons. The largest absolute Gasteiger partial charge is 0.456 e. The van der Waals surface area contributed by atoms with Crippen LogP contribution in [0, 0.1) is 0 Å². The van der Waals surface area contributed by atoms with Gasteiger partial charge in [-0.2, -0.15) is 5.10 Å². The predicted octanol–water partition coefficient (Wildman–Crippen LogP) is 3.64. The van der Waals surface area contributed by atoms with E-state index in [1.54, 1.807) is 64.4 Å². The summed E-state index contributed by atoms with van der Waals surface area (Å²) < 4.78 is 12.1. The van der Waals surface area contributed by atoms with Crippen molar-refractivity contribution < 1.29 is 19.1 Å². The van der Waals surface area contributed by atoms with Crippen LogP contribution in [0.5, 0.6) is 0 Å². The average Bonchev–Trinajstić information content (AvgIpc) is 2.77. The van der Waals surface area contributed by atoms with Gasteiger partial charge in [0, 0.05) is 11.9 Å². The van der Waals surface area contributed by atoms with Crippen LogP contribution in [0.15, 0.2) is 24.5 Å². The summed E-state index contributed by atoms with van der Waals surface area (Å²) in [6.07, 6.45) is 2.53. The Morgan fingerprint density at radius 1 is 1.08 bits per heavy atom. The maximum absolute atomic E-state index is 12.3. The van der Waals surface area contributed by atoms with Crippen molar-refractivity contribution in [1.82, 2.24) is 9.61 Å². The van der Waals surface area contributed by atoms with Gasteiger partial charge < -0.3 is 9.47 Å². The van der Waals surface area contributed by atoms with Crippen molar-refractivity contribution in [1.29, 1.82) is 0 Å². The summed E-state index contributed by atoms with van der Waals surface area (Å²) in [7, 11) is 0. The van der Waals surface area contributed by atoms with E-state index in [4.69, 9.17) is 9.47 Å². The van der Waals surface area contributed by atoms with E-state index in [1.165, 1.54) is 6.20 Å². The molecule has 0 aliphatic carbocycles. The lowest BCUT2D eigenvalue weighted by Crippen LogP contribution is -2.27. The van der Waals surface area contributed by atoms with Gasteiger partial charge in [0.2, 0.25) is 0 Å². The minimum Gasteiger partial charge on any atom is -0.456 e. The standard InChI is InChI=1S/C17H23N3O4/c1-16(2,3)23-14(21)12-10-18-20-8-7-11(9-13(12)20)19-15(22)24-17(4,5)6/h7-10H,1-6H3,(H,19,22). The van der Waals surface area contributed by atoms with Gasteiger partial charge in [0.15, 0.2) is 0 Å². The fourth-order valence-electron chi connectivity index (χ4n) is 1.97. The Bertz CT molecular complexity index is 766. The Balaban J connectivity index is 2.25. The summed E-state index contributed by atoms with van der Waals surface area (Å²) in [4.78, 5) is 24.1. The second-order valence-corrected chi connectivity index (χ2v) is 7.43. The molecule has 1 N–H and O–H groups in total. The summed E-state index contributed by atoms with van der Waals surface area (Å²) in [6.45, 7) is 10.7. The summed E-state index contributed by atoms with van der Waals surface area (Å²) >= 11 is 0. The van der Waals surface area contributed by atoms with E-state index in [0.717, 1.165) is 0 Å². The number of rotatable bonds is 2. The highest BCUT2D eigenvalue weighted by Gasteiger charge is 2.22. The number of anilines is 1. The van der Waals surface area contributed by atoms with Gasteiger partial charge in [-0.1, -0.05) is 0 Å². The van der Waals surface area contributed by atoms with Crippen LogP contribution in [0.25, 0.3) is 5.52 Å². The molecule has 0 aliphatic heterocycles. The normalized spacial score (nSPS) is 12.1. The number of nitrogens with zero attached hydrogens (tertiary/aromatic N) is 2. The number of carbonyl (C=O) groups excluding carboxylic acids is 2. The number of hydrogen-bond donors (Lipinski definition) is 1. The van der Waals surface area contributed by atoms with Crippen molar-refractivity contribution in [2.45, 2.75) is 52.7 Å². The van der Waals surface area contributed by atoms with Gasteiger partial charge >= 0.3 is 12.1 Å². The monoisotopic (exact) mass is 333 g/mol. The number of carbonyl (C=O) groups is 2. The SMILES string of the molecule is CC(C)(C)OC(=O)Nc1ccn2ncc(C(=O)OC(C)(C)C)c2c1. The van der Waals surface area contributed by atoms with E-state index < -0.39 is 23.3 Å². The van der Waals surface area contributed by atoms with Crippen LogP contribution in [-0.4, -0.2) is 32.9 Å². The lowest BCUT2D eigenvalue weighted by atomic mass is 10.2. The molecule has 7 nitrogen and oxygen atoms in total. The Morgan fingerprint density at radius 3 is 2.29 bits per heavy atom.